The molecule has 1 aliphatic heterocycles. The second-order valence-electron chi connectivity index (χ2n) is 6.54. The van der Waals surface area contributed by atoms with Gasteiger partial charge in [-0.25, -0.2) is 0 Å². The zero-order valence-electron chi connectivity index (χ0n) is 12.3. The zero-order valence-corrected chi connectivity index (χ0v) is 12.3. The van der Waals surface area contributed by atoms with Crippen molar-refractivity contribution in [1.82, 2.24) is 4.57 Å². The third-order valence-corrected chi connectivity index (χ3v) is 5.20. The van der Waals surface area contributed by atoms with E-state index in [1.54, 1.807) is 0 Å². The standard InChI is InChI=1S/C18H21NO2/c20-13-14-11-19(17-6-2-1-5-16(14)17)12-15-7-10-18(21-15)8-3-4-9-18/h1-2,5-6,11,13,15H,3-4,7-10,12H2. The van der Waals surface area contributed by atoms with Crippen molar-refractivity contribution in [3.8, 4) is 0 Å². The van der Waals surface area contributed by atoms with Gasteiger partial charge in [-0.15, -0.1) is 0 Å². The van der Waals surface area contributed by atoms with Crippen molar-refractivity contribution in [2.75, 3.05) is 0 Å². The molecule has 1 aromatic carbocycles. The van der Waals surface area contributed by atoms with Crippen LogP contribution in [0.4, 0.5) is 0 Å². The summed E-state index contributed by atoms with van der Waals surface area (Å²) in [4.78, 5) is 11.2. The van der Waals surface area contributed by atoms with Gasteiger partial charge in [-0.1, -0.05) is 31.0 Å². The van der Waals surface area contributed by atoms with E-state index in [0.717, 1.165) is 35.7 Å². The molecule has 2 heterocycles. The van der Waals surface area contributed by atoms with Crippen LogP contribution in [-0.2, 0) is 11.3 Å². The van der Waals surface area contributed by atoms with Crippen molar-refractivity contribution in [1.29, 1.82) is 0 Å². The fraction of sp³-hybridized carbons (Fsp3) is 0.500. The minimum absolute atomic E-state index is 0.182. The Morgan fingerprint density at radius 2 is 2.05 bits per heavy atom. The van der Waals surface area contributed by atoms with Crippen LogP contribution in [0.15, 0.2) is 30.5 Å². The van der Waals surface area contributed by atoms with E-state index in [2.05, 4.69) is 10.6 Å². The summed E-state index contributed by atoms with van der Waals surface area (Å²) in [6.45, 7) is 0.857. The maximum absolute atomic E-state index is 11.2. The Hall–Kier alpha value is -1.61. The Labute approximate surface area is 124 Å². The smallest absolute Gasteiger partial charge is 0.152 e. The van der Waals surface area contributed by atoms with Crippen LogP contribution in [-0.4, -0.2) is 22.6 Å². The number of fused-ring (bicyclic) bond motifs is 1. The maximum atomic E-state index is 11.2. The summed E-state index contributed by atoms with van der Waals surface area (Å²) in [6.07, 6.45) is 10.7. The highest BCUT2D eigenvalue weighted by atomic mass is 16.5. The monoisotopic (exact) mass is 283 g/mol. The van der Waals surface area contributed by atoms with Gasteiger partial charge in [0, 0.05) is 29.2 Å². The molecule has 2 aromatic rings. The van der Waals surface area contributed by atoms with Gasteiger partial charge >= 0.3 is 0 Å². The van der Waals surface area contributed by atoms with E-state index < -0.39 is 0 Å². The summed E-state index contributed by atoms with van der Waals surface area (Å²) in [5, 5.41) is 1.04. The summed E-state index contributed by atoms with van der Waals surface area (Å²) >= 11 is 0. The topological polar surface area (TPSA) is 31.2 Å². The number of carbonyl (C=O) groups is 1. The summed E-state index contributed by atoms with van der Waals surface area (Å²) in [5.74, 6) is 0. The molecule has 0 N–H and O–H groups in total. The Morgan fingerprint density at radius 3 is 2.86 bits per heavy atom. The number of hydrogen-bond donors (Lipinski definition) is 0. The van der Waals surface area contributed by atoms with Crippen molar-refractivity contribution < 1.29 is 9.53 Å². The molecule has 3 heteroatoms. The number of aldehydes is 1. The summed E-state index contributed by atoms with van der Waals surface area (Å²) in [7, 11) is 0. The second-order valence-corrected chi connectivity index (χ2v) is 6.54. The molecule has 1 spiro atoms. The molecule has 4 rings (SSSR count). The van der Waals surface area contributed by atoms with E-state index in [9.17, 15) is 4.79 Å². The van der Waals surface area contributed by atoms with Gasteiger partial charge in [0.15, 0.2) is 6.29 Å². The lowest BCUT2D eigenvalue weighted by Crippen LogP contribution is -2.26. The molecule has 2 aliphatic rings. The predicted octanol–water partition coefficient (Wildman–Crippen LogP) is 3.95. The molecule has 110 valence electrons. The normalized spacial score (nSPS) is 24.1. The van der Waals surface area contributed by atoms with Crippen molar-refractivity contribution in [2.45, 2.75) is 56.8 Å². The first-order chi connectivity index (χ1) is 10.3. The summed E-state index contributed by atoms with van der Waals surface area (Å²) < 4.78 is 8.59. The third-order valence-electron chi connectivity index (χ3n) is 5.20. The zero-order chi connectivity index (χ0) is 14.3. The molecular formula is C18H21NO2. The van der Waals surface area contributed by atoms with E-state index in [1.807, 2.05) is 24.4 Å². The Balaban J connectivity index is 1.59. The van der Waals surface area contributed by atoms with Gasteiger partial charge in [-0.05, 0) is 31.7 Å². The molecule has 0 radical (unpaired) electrons. The van der Waals surface area contributed by atoms with Gasteiger partial charge in [0.2, 0.25) is 0 Å². The third kappa shape index (κ3) is 2.20. The van der Waals surface area contributed by atoms with Crippen LogP contribution in [0.1, 0.15) is 48.9 Å². The number of para-hydroxylation sites is 1. The van der Waals surface area contributed by atoms with Crippen LogP contribution in [0.5, 0.6) is 0 Å². The number of carbonyl (C=O) groups excluding carboxylic acids is 1. The highest BCUT2D eigenvalue weighted by Crippen LogP contribution is 2.43. The van der Waals surface area contributed by atoms with Gasteiger partial charge in [0.1, 0.15) is 0 Å². The lowest BCUT2D eigenvalue weighted by Gasteiger charge is -2.24. The molecule has 1 aromatic heterocycles. The maximum Gasteiger partial charge on any atom is 0.152 e. The van der Waals surface area contributed by atoms with Gasteiger partial charge in [0.25, 0.3) is 0 Å². The number of rotatable bonds is 3. The largest absolute Gasteiger partial charge is 0.370 e. The molecule has 3 nitrogen and oxygen atoms in total. The van der Waals surface area contributed by atoms with Crippen molar-refractivity contribution in [3.63, 3.8) is 0 Å². The molecule has 21 heavy (non-hydrogen) atoms. The minimum atomic E-state index is 0.182. The van der Waals surface area contributed by atoms with E-state index in [-0.39, 0.29) is 5.60 Å². The minimum Gasteiger partial charge on any atom is -0.370 e. The SMILES string of the molecule is O=Cc1cn(CC2CCC3(CCCC3)O2)c2ccccc12. The molecule has 0 bridgehead atoms. The summed E-state index contributed by atoms with van der Waals surface area (Å²) in [6, 6.07) is 8.12. The molecule has 1 saturated carbocycles. The van der Waals surface area contributed by atoms with Crippen LogP contribution in [0.25, 0.3) is 10.9 Å². The van der Waals surface area contributed by atoms with Crippen molar-refractivity contribution >= 4 is 17.2 Å². The van der Waals surface area contributed by atoms with Crippen molar-refractivity contribution in [3.05, 3.63) is 36.0 Å². The number of nitrogens with zero attached hydrogens (tertiary/aromatic N) is 1. The molecule has 0 amide bonds. The lowest BCUT2D eigenvalue weighted by atomic mass is 9.98. The van der Waals surface area contributed by atoms with E-state index in [1.165, 1.54) is 32.1 Å². The molecule has 1 saturated heterocycles. The Bertz CT molecular complexity index is 667. The molecule has 1 unspecified atom stereocenters. The molecule has 2 fully saturated rings. The predicted molar refractivity (Wildman–Crippen MR) is 82.6 cm³/mol. The molecular weight excluding hydrogens is 262 g/mol. The van der Waals surface area contributed by atoms with E-state index >= 15 is 0 Å². The van der Waals surface area contributed by atoms with Gasteiger partial charge in [-0.3, -0.25) is 4.79 Å². The molecule has 1 aliphatic carbocycles. The fourth-order valence-corrected chi connectivity index (χ4v) is 4.15. The number of ether oxygens (including phenoxy) is 1. The Morgan fingerprint density at radius 1 is 1.24 bits per heavy atom. The number of aromatic nitrogens is 1. The van der Waals surface area contributed by atoms with Crippen LogP contribution in [0.2, 0.25) is 0 Å². The van der Waals surface area contributed by atoms with E-state index in [0.29, 0.717) is 6.10 Å². The second kappa shape index (κ2) is 4.99. The lowest BCUT2D eigenvalue weighted by molar-refractivity contribution is -0.0414. The van der Waals surface area contributed by atoms with Gasteiger partial charge < -0.3 is 9.30 Å². The van der Waals surface area contributed by atoms with Crippen LogP contribution in [0.3, 0.4) is 0 Å². The first-order valence-electron chi connectivity index (χ1n) is 8.01. The van der Waals surface area contributed by atoms with Gasteiger partial charge in [0.05, 0.1) is 11.7 Å². The first-order valence-corrected chi connectivity index (χ1v) is 8.01. The van der Waals surface area contributed by atoms with E-state index in [4.69, 9.17) is 4.74 Å². The Kier molecular flexibility index (Phi) is 3.11. The highest BCUT2D eigenvalue weighted by Gasteiger charge is 2.42. The number of hydrogen-bond acceptors (Lipinski definition) is 2. The quantitative estimate of drug-likeness (QED) is 0.799. The summed E-state index contributed by atoms with van der Waals surface area (Å²) in [5.41, 5.74) is 2.09. The van der Waals surface area contributed by atoms with Crippen molar-refractivity contribution in [2.24, 2.45) is 0 Å². The molecule has 1 atom stereocenters. The van der Waals surface area contributed by atoms with Crippen LogP contribution >= 0.6 is 0 Å². The van der Waals surface area contributed by atoms with Gasteiger partial charge in [-0.2, -0.15) is 0 Å². The first kappa shape index (κ1) is 13.1. The average molecular weight is 283 g/mol. The average Bonchev–Trinajstić information content (AvgIpc) is 3.21. The number of benzene rings is 1. The van der Waals surface area contributed by atoms with Crippen LogP contribution in [0, 0.1) is 0 Å². The van der Waals surface area contributed by atoms with Crippen LogP contribution < -0.4 is 0 Å². The fourth-order valence-electron chi connectivity index (χ4n) is 4.15. The highest BCUT2D eigenvalue weighted by molar-refractivity contribution is 5.97.